The van der Waals surface area contributed by atoms with Gasteiger partial charge in [-0.05, 0) is 79.1 Å². The van der Waals surface area contributed by atoms with Gasteiger partial charge in [0.15, 0.2) is 17.6 Å². The van der Waals surface area contributed by atoms with Crippen LogP contribution in [-0.2, 0) is 39.4 Å². The Bertz CT molecular complexity index is 1230. The Morgan fingerprint density at radius 1 is 1.07 bits per heavy atom. The number of carbonyl (C=O) groups is 2. The molecule has 2 aromatic heterocycles. The van der Waals surface area contributed by atoms with E-state index in [0.29, 0.717) is 17.7 Å². The van der Waals surface area contributed by atoms with Gasteiger partial charge in [0.2, 0.25) is 0 Å². The fourth-order valence-corrected chi connectivity index (χ4v) is 7.19. The fourth-order valence-electron chi connectivity index (χ4n) is 5.02. The SMILES string of the molecule is C[C@H](Cn1cnc2c(N)ncnc21)OCP(=O)(NC(C)(C)C(=O)OC1CCCC1)O[C@@H](C)C(=O)OC1CCCC1. The highest BCUT2D eigenvalue weighted by atomic mass is 31.2. The lowest BCUT2D eigenvalue weighted by atomic mass is 10.1. The molecular weight excluding hydrogens is 539 g/mol. The van der Waals surface area contributed by atoms with Gasteiger partial charge in [-0.2, -0.15) is 0 Å². The summed E-state index contributed by atoms with van der Waals surface area (Å²) in [6.45, 7) is 6.75. The van der Waals surface area contributed by atoms with Gasteiger partial charge >= 0.3 is 11.9 Å². The van der Waals surface area contributed by atoms with E-state index in [9.17, 15) is 14.2 Å². The number of ether oxygens (including phenoxy) is 3. The minimum Gasteiger partial charge on any atom is -0.461 e. The first-order chi connectivity index (χ1) is 19.0. The molecule has 0 amide bonds. The van der Waals surface area contributed by atoms with Crippen molar-refractivity contribution in [1.29, 1.82) is 0 Å². The first-order valence-corrected chi connectivity index (χ1v) is 15.8. The van der Waals surface area contributed by atoms with Crippen molar-refractivity contribution < 1.29 is 32.9 Å². The summed E-state index contributed by atoms with van der Waals surface area (Å²) in [5.41, 5.74) is 5.53. The van der Waals surface area contributed by atoms with Crippen molar-refractivity contribution in [3.8, 4) is 0 Å². The third-order valence-electron chi connectivity index (χ3n) is 7.19. The first kappa shape index (κ1) is 30.4. The van der Waals surface area contributed by atoms with Gasteiger partial charge in [0, 0.05) is 0 Å². The highest BCUT2D eigenvalue weighted by Crippen LogP contribution is 2.47. The number of esters is 2. The zero-order chi connectivity index (χ0) is 28.9. The van der Waals surface area contributed by atoms with Crippen LogP contribution in [0.3, 0.4) is 0 Å². The summed E-state index contributed by atoms with van der Waals surface area (Å²) in [6, 6.07) is 0. The monoisotopic (exact) mass is 580 g/mol. The summed E-state index contributed by atoms with van der Waals surface area (Å²) in [5.74, 6) is -0.875. The largest absolute Gasteiger partial charge is 0.461 e. The predicted octanol–water partition coefficient (Wildman–Crippen LogP) is 3.71. The minimum absolute atomic E-state index is 0.159. The molecule has 222 valence electrons. The molecule has 2 saturated carbocycles. The standard InChI is InChI=1S/C26H41N6O7P/c1-17(13-32-15-30-21-22(27)28-14-29-23(21)32)36-16-40(35,39-18(2)24(33)37-19-9-5-6-10-19)31-26(3,4)25(34)38-20-11-7-8-12-20/h14-15,17-20H,5-13,16H2,1-4H3,(H,31,35)(H2,27,28,29)/t17-,18+,40?/m1/s1. The molecule has 0 radical (unpaired) electrons. The number of rotatable bonds is 13. The molecule has 0 saturated heterocycles. The number of hydrogen-bond donors (Lipinski definition) is 2. The molecule has 2 heterocycles. The Labute approximate surface area is 234 Å². The number of nitrogens with one attached hydrogen (secondary N) is 1. The van der Waals surface area contributed by atoms with Crippen molar-refractivity contribution in [1.82, 2.24) is 24.6 Å². The third-order valence-corrected chi connectivity index (χ3v) is 9.24. The van der Waals surface area contributed by atoms with Crippen molar-refractivity contribution in [2.45, 2.75) is 116 Å². The summed E-state index contributed by atoms with van der Waals surface area (Å²) < 4.78 is 38.9. The van der Waals surface area contributed by atoms with Gasteiger partial charge in [-0.3, -0.25) is 9.36 Å². The molecular formula is C26H41N6O7P. The van der Waals surface area contributed by atoms with Crippen molar-refractivity contribution in [3.63, 3.8) is 0 Å². The summed E-state index contributed by atoms with van der Waals surface area (Å²) in [6.07, 6.45) is 7.81. The lowest BCUT2D eigenvalue weighted by Gasteiger charge is -2.32. The Balaban J connectivity index is 1.44. The van der Waals surface area contributed by atoms with Crippen LogP contribution in [0.5, 0.6) is 0 Å². The Morgan fingerprint density at radius 3 is 2.35 bits per heavy atom. The zero-order valence-electron chi connectivity index (χ0n) is 23.7. The summed E-state index contributed by atoms with van der Waals surface area (Å²) in [7, 11) is -3.94. The van der Waals surface area contributed by atoms with Crippen molar-refractivity contribution in [2.75, 3.05) is 12.1 Å². The molecule has 13 nitrogen and oxygen atoms in total. The molecule has 2 aliphatic carbocycles. The summed E-state index contributed by atoms with van der Waals surface area (Å²) in [5, 5.41) is 2.84. The zero-order valence-corrected chi connectivity index (χ0v) is 24.6. The molecule has 3 atom stereocenters. The molecule has 3 N–H and O–H groups in total. The molecule has 0 bridgehead atoms. The fraction of sp³-hybridized carbons (Fsp3) is 0.731. The number of fused-ring (bicyclic) bond motifs is 1. The van der Waals surface area contributed by atoms with Crippen LogP contribution in [0.1, 0.15) is 79.1 Å². The van der Waals surface area contributed by atoms with E-state index < -0.39 is 43.6 Å². The van der Waals surface area contributed by atoms with Crippen LogP contribution in [0, 0.1) is 0 Å². The van der Waals surface area contributed by atoms with Gasteiger partial charge in [0.05, 0.1) is 19.0 Å². The Kier molecular flexibility index (Phi) is 9.81. The maximum atomic E-state index is 14.2. The van der Waals surface area contributed by atoms with Crippen LogP contribution in [0.2, 0.25) is 0 Å². The number of imidazole rings is 1. The minimum atomic E-state index is -3.94. The number of carbonyl (C=O) groups excluding carboxylic acids is 2. The number of anilines is 1. The second kappa shape index (κ2) is 12.9. The second-order valence-corrected chi connectivity index (χ2v) is 13.3. The van der Waals surface area contributed by atoms with E-state index in [2.05, 4.69) is 20.0 Å². The van der Waals surface area contributed by atoms with Crippen molar-refractivity contribution >= 4 is 36.4 Å². The number of aromatic nitrogens is 4. The highest BCUT2D eigenvalue weighted by Gasteiger charge is 2.42. The molecule has 14 heteroatoms. The molecule has 2 aromatic rings. The van der Waals surface area contributed by atoms with E-state index in [-0.39, 0.29) is 18.0 Å². The van der Waals surface area contributed by atoms with Crippen molar-refractivity contribution in [3.05, 3.63) is 12.7 Å². The van der Waals surface area contributed by atoms with Crippen LogP contribution >= 0.6 is 7.52 Å². The smallest absolute Gasteiger partial charge is 0.335 e. The quantitative estimate of drug-likeness (QED) is 0.260. The van der Waals surface area contributed by atoms with Crippen LogP contribution in [0.15, 0.2) is 12.7 Å². The molecule has 40 heavy (non-hydrogen) atoms. The van der Waals surface area contributed by atoms with Gasteiger partial charge in [-0.1, -0.05) is 0 Å². The van der Waals surface area contributed by atoms with E-state index in [1.54, 1.807) is 31.7 Å². The van der Waals surface area contributed by atoms with Gasteiger partial charge < -0.3 is 29.0 Å². The lowest BCUT2D eigenvalue weighted by molar-refractivity contribution is -0.156. The van der Waals surface area contributed by atoms with Gasteiger partial charge in [-0.15, -0.1) is 0 Å². The lowest BCUT2D eigenvalue weighted by Crippen LogP contribution is -2.48. The molecule has 4 rings (SSSR count). The highest BCUT2D eigenvalue weighted by molar-refractivity contribution is 7.56. The maximum absolute atomic E-state index is 14.2. The second-order valence-electron chi connectivity index (χ2n) is 11.2. The number of hydrogen-bond acceptors (Lipinski definition) is 11. The average Bonchev–Trinajstić information content (AvgIpc) is 3.66. The molecule has 0 spiro atoms. The molecule has 1 unspecified atom stereocenters. The summed E-state index contributed by atoms with van der Waals surface area (Å²) >= 11 is 0. The maximum Gasteiger partial charge on any atom is 0.335 e. The normalized spacial score (nSPS) is 19.9. The van der Waals surface area contributed by atoms with Crippen LogP contribution in [-0.4, -0.2) is 67.8 Å². The predicted molar refractivity (Wildman–Crippen MR) is 147 cm³/mol. The van der Waals surface area contributed by atoms with E-state index in [4.69, 9.17) is 24.5 Å². The van der Waals surface area contributed by atoms with Crippen molar-refractivity contribution in [2.24, 2.45) is 0 Å². The molecule has 2 aliphatic rings. The number of nitrogens with zero attached hydrogens (tertiary/aromatic N) is 4. The summed E-state index contributed by atoms with van der Waals surface area (Å²) in [4.78, 5) is 38.2. The van der Waals surface area contributed by atoms with E-state index >= 15 is 0 Å². The first-order valence-electron chi connectivity index (χ1n) is 14.0. The molecule has 2 fully saturated rings. The topological polar surface area (TPSA) is 170 Å². The van der Waals surface area contributed by atoms with Gasteiger partial charge in [0.1, 0.15) is 35.9 Å². The Morgan fingerprint density at radius 2 is 1.70 bits per heavy atom. The van der Waals surface area contributed by atoms with Crippen LogP contribution in [0.25, 0.3) is 11.2 Å². The van der Waals surface area contributed by atoms with Gasteiger partial charge in [-0.25, -0.2) is 24.8 Å². The van der Waals surface area contributed by atoms with Crippen LogP contribution in [0.4, 0.5) is 5.82 Å². The molecule has 0 aliphatic heterocycles. The Hall–Kier alpha value is -2.60. The number of nitrogens with two attached hydrogens (primary N) is 1. The molecule has 0 aromatic carbocycles. The van der Waals surface area contributed by atoms with E-state index in [1.165, 1.54) is 13.3 Å². The average molecular weight is 581 g/mol. The van der Waals surface area contributed by atoms with E-state index in [1.807, 2.05) is 0 Å². The van der Waals surface area contributed by atoms with Crippen LogP contribution < -0.4 is 10.8 Å². The van der Waals surface area contributed by atoms with Gasteiger partial charge in [0.25, 0.3) is 7.52 Å². The number of nitrogen functional groups attached to an aromatic ring is 1. The third kappa shape index (κ3) is 7.78. The van der Waals surface area contributed by atoms with E-state index in [0.717, 1.165) is 51.4 Å².